The molecule has 0 radical (unpaired) electrons. The van der Waals surface area contributed by atoms with Gasteiger partial charge in [-0.25, -0.2) is 4.79 Å². The predicted molar refractivity (Wildman–Crippen MR) is 128 cm³/mol. The van der Waals surface area contributed by atoms with Crippen molar-refractivity contribution in [2.24, 2.45) is 0 Å². The van der Waals surface area contributed by atoms with Gasteiger partial charge in [-0.2, -0.15) is 0 Å². The largest absolute Gasteiger partial charge is 0.445 e. The summed E-state index contributed by atoms with van der Waals surface area (Å²) in [5.74, 6) is 0.564. The normalized spacial score (nSPS) is 22.5. The predicted octanol–water partition coefficient (Wildman–Crippen LogP) is 4.96. The highest BCUT2D eigenvalue weighted by atomic mass is 16.6. The van der Waals surface area contributed by atoms with Crippen LogP contribution in [0.15, 0.2) is 60.7 Å². The number of piperazine rings is 1. The van der Waals surface area contributed by atoms with Crippen LogP contribution in [0.5, 0.6) is 0 Å². The quantitative estimate of drug-likeness (QED) is 0.627. The first-order valence-corrected chi connectivity index (χ1v) is 11.8. The van der Waals surface area contributed by atoms with Crippen molar-refractivity contribution in [1.82, 2.24) is 9.80 Å². The highest BCUT2D eigenvalue weighted by Crippen LogP contribution is 2.50. The summed E-state index contributed by atoms with van der Waals surface area (Å²) in [5, 5.41) is 0. The lowest BCUT2D eigenvalue weighted by Gasteiger charge is -2.36. The molecule has 32 heavy (non-hydrogen) atoms. The number of nitrogens with zero attached hydrogens (tertiary/aromatic N) is 3. The third kappa shape index (κ3) is 4.26. The van der Waals surface area contributed by atoms with E-state index in [9.17, 15) is 4.79 Å². The number of carbonyl (C=O) groups excluding carboxylic acids is 1. The maximum Gasteiger partial charge on any atom is 0.410 e. The molecule has 0 aromatic heterocycles. The van der Waals surface area contributed by atoms with E-state index in [0.29, 0.717) is 12.5 Å². The summed E-state index contributed by atoms with van der Waals surface area (Å²) in [6, 6.07) is 17.0. The van der Waals surface area contributed by atoms with Gasteiger partial charge in [0.25, 0.3) is 0 Å². The molecule has 2 atom stereocenters. The molecule has 5 heteroatoms. The van der Waals surface area contributed by atoms with Crippen molar-refractivity contribution in [3.8, 4) is 0 Å². The number of likely N-dealkylation sites (tertiary alicyclic amines) is 1. The van der Waals surface area contributed by atoms with Crippen LogP contribution in [0.4, 0.5) is 10.5 Å². The zero-order chi connectivity index (χ0) is 22.1. The Morgan fingerprint density at radius 3 is 2.56 bits per heavy atom. The lowest BCUT2D eigenvalue weighted by Crippen LogP contribution is -2.46. The molecular weight excluding hydrogens is 398 g/mol. The second-order valence-corrected chi connectivity index (χ2v) is 9.50. The fraction of sp³-hybridized carbons (Fsp3) is 0.444. The number of amides is 1. The van der Waals surface area contributed by atoms with E-state index in [1.165, 1.54) is 22.4 Å². The molecule has 5 nitrogen and oxygen atoms in total. The number of piperidine rings is 1. The van der Waals surface area contributed by atoms with Gasteiger partial charge in [0.2, 0.25) is 0 Å². The monoisotopic (exact) mass is 431 g/mol. The molecule has 2 aliphatic heterocycles. The van der Waals surface area contributed by atoms with Crippen LogP contribution in [0, 0.1) is 0 Å². The smallest absolute Gasteiger partial charge is 0.410 e. The van der Waals surface area contributed by atoms with E-state index in [1.807, 2.05) is 35.2 Å². The van der Waals surface area contributed by atoms with Crippen LogP contribution in [-0.4, -0.2) is 55.2 Å². The maximum absolute atomic E-state index is 13.0. The van der Waals surface area contributed by atoms with Gasteiger partial charge in [-0.3, -0.25) is 4.90 Å². The number of benzene rings is 2. The van der Waals surface area contributed by atoms with Crippen LogP contribution in [-0.2, 0) is 11.3 Å². The summed E-state index contributed by atoms with van der Waals surface area (Å²) in [6.45, 7) is 12.4. The van der Waals surface area contributed by atoms with Gasteiger partial charge in [0.15, 0.2) is 0 Å². The molecule has 3 aliphatic rings. The molecule has 0 saturated carbocycles. The highest BCUT2D eigenvalue weighted by molar-refractivity contribution is 5.70. The molecule has 1 amide bonds. The first-order valence-electron chi connectivity index (χ1n) is 11.8. The molecule has 0 spiro atoms. The van der Waals surface area contributed by atoms with Crippen molar-refractivity contribution in [2.45, 2.75) is 38.3 Å². The van der Waals surface area contributed by atoms with Crippen molar-refractivity contribution in [3.05, 3.63) is 77.4 Å². The summed E-state index contributed by atoms with van der Waals surface area (Å²) >= 11 is 0. The Morgan fingerprint density at radius 1 is 1.03 bits per heavy atom. The van der Waals surface area contributed by atoms with Crippen molar-refractivity contribution in [3.63, 3.8) is 0 Å². The summed E-state index contributed by atoms with van der Waals surface area (Å²) in [4.78, 5) is 19.9. The zero-order valence-corrected chi connectivity index (χ0v) is 19.0. The molecule has 2 bridgehead atoms. The zero-order valence-electron chi connectivity index (χ0n) is 19.0. The minimum Gasteiger partial charge on any atom is -0.445 e. The Kier molecular flexibility index (Phi) is 5.92. The minimum atomic E-state index is -0.191. The number of anilines is 1. The maximum atomic E-state index is 13.0. The Bertz CT molecular complexity index is 982. The molecule has 2 fully saturated rings. The van der Waals surface area contributed by atoms with Gasteiger partial charge >= 0.3 is 6.09 Å². The lowest BCUT2D eigenvalue weighted by atomic mass is 9.96. The van der Waals surface area contributed by atoms with E-state index in [2.05, 4.69) is 41.5 Å². The van der Waals surface area contributed by atoms with E-state index in [1.54, 1.807) is 0 Å². The lowest BCUT2D eigenvalue weighted by molar-refractivity contribution is 0.0694. The van der Waals surface area contributed by atoms with Crippen molar-refractivity contribution in [2.75, 3.05) is 44.2 Å². The van der Waals surface area contributed by atoms with Crippen LogP contribution in [0.1, 0.15) is 48.4 Å². The molecule has 2 aromatic carbocycles. The standard InChI is InChI=1S/C27H33N3O2/c1-20(2)18-28-12-14-29(15-13-28)23-8-9-24-22-10-11-30(26(16-22)25(24)17-23)27(31)32-19-21-6-4-3-5-7-21/h3-9,17,22,26H,1,10-16,18-19H2,2H3/t22?,26-/m0/s1. The average Bonchev–Trinajstić information content (AvgIpc) is 3.09. The average molecular weight is 432 g/mol. The molecule has 2 heterocycles. The second-order valence-electron chi connectivity index (χ2n) is 9.50. The summed E-state index contributed by atoms with van der Waals surface area (Å²) in [6.07, 6.45) is 1.85. The SMILES string of the molecule is C=C(C)CN1CCN(c2ccc3c(c2)[C@@H]2CC3CCN2C(=O)OCc2ccccc2)CC1. The minimum absolute atomic E-state index is 0.136. The Labute approximate surface area is 191 Å². The van der Waals surface area contributed by atoms with Crippen LogP contribution in [0.25, 0.3) is 0 Å². The first kappa shape index (κ1) is 21.1. The fourth-order valence-electron chi connectivity index (χ4n) is 5.53. The number of rotatable bonds is 5. The third-order valence-corrected chi connectivity index (χ3v) is 7.14. The highest BCUT2D eigenvalue weighted by Gasteiger charge is 2.41. The van der Waals surface area contributed by atoms with Gasteiger partial charge in [0, 0.05) is 45.0 Å². The number of hydrogen-bond acceptors (Lipinski definition) is 4. The van der Waals surface area contributed by atoms with Gasteiger partial charge in [-0.05, 0) is 54.5 Å². The molecule has 1 aliphatic carbocycles. The Balaban J connectivity index is 1.27. The van der Waals surface area contributed by atoms with Gasteiger partial charge in [0.1, 0.15) is 6.61 Å². The van der Waals surface area contributed by atoms with Crippen molar-refractivity contribution in [1.29, 1.82) is 0 Å². The van der Waals surface area contributed by atoms with Crippen LogP contribution in [0.2, 0.25) is 0 Å². The van der Waals surface area contributed by atoms with Crippen LogP contribution < -0.4 is 4.90 Å². The van der Waals surface area contributed by atoms with E-state index in [0.717, 1.165) is 57.7 Å². The van der Waals surface area contributed by atoms with Gasteiger partial charge in [0.05, 0.1) is 6.04 Å². The number of hydrogen-bond donors (Lipinski definition) is 0. The molecule has 5 rings (SSSR count). The Hall–Kier alpha value is -2.79. The van der Waals surface area contributed by atoms with Crippen LogP contribution in [0.3, 0.4) is 0 Å². The fourth-order valence-corrected chi connectivity index (χ4v) is 5.53. The summed E-state index contributed by atoms with van der Waals surface area (Å²) in [7, 11) is 0. The number of fused-ring (bicyclic) bond motifs is 5. The van der Waals surface area contributed by atoms with Crippen molar-refractivity contribution >= 4 is 11.8 Å². The summed E-state index contributed by atoms with van der Waals surface area (Å²) < 4.78 is 5.69. The molecular formula is C27H33N3O2. The van der Waals surface area contributed by atoms with E-state index >= 15 is 0 Å². The van der Waals surface area contributed by atoms with E-state index in [4.69, 9.17) is 4.74 Å². The second kappa shape index (κ2) is 8.99. The van der Waals surface area contributed by atoms with E-state index < -0.39 is 0 Å². The van der Waals surface area contributed by atoms with Gasteiger partial charge in [-0.1, -0.05) is 48.6 Å². The topological polar surface area (TPSA) is 36.0 Å². The van der Waals surface area contributed by atoms with Gasteiger partial charge < -0.3 is 14.5 Å². The number of carbonyl (C=O) groups is 1. The molecule has 2 saturated heterocycles. The molecule has 2 aromatic rings. The summed E-state index contributed by atoms with van der Waals surface area (Å²) in [5.41, 5.74) is 6.28. The van der Waals surface area contributed by atoms with Crippen LogP contribution >= 0.6 is 0 Å². The first-order chi connectivity index (χ1) is 15.6. The molecule has 1 unspecified atom stereocenters. The number of ether oxygens (including phenoxy) is 1. The molecule has 0 N–H and O–H groups in total. The van der Waals surface area contributed by atoms with Crippen molar-refractivity contribution < 1.29 is 9.53 Å². The van der Waals surface area contributed by atoms with E-state index in [-0.39, 0.29) is 12.1 Å². The third-order valence-electron chi connectivity index (χ3n) is 7.14. The molecule has 168 valence electrons. The van der Waals surface area contributed by atoms with Gasteiger partial charge in [-0.15, -0.1) is 0 Å². The Morgan fingerprint density at radius 2 is 1.81 bits per heavy atom.